The van der Waals surface area contributed by atoms with E-state index < -0.39 is 17.2 Å². The lowest BCUT2D eigenvalue weighted by Gasteiger charge is -2.25. The standard InChI is InChI=1S/C12H17F2NO/c1-4-15-7-12(3,16)9-6-5-8(2)10(13)11(9)14/h5-6,15-16H,4,7H2,1-3H3. The Balaban J connectivity index is 3.08. The van der Waals surface area contributed by atoms with Crippen molar-refractivity contribution in [3.63, 3.8) is 0 Å². The van der Waals surface area contributed by atoms with Crippen LogP contribution >= 0.6 is 0 Å². The predicted octanol–water partition coefficient (Wildman–Crippen LogP) is 2.09. The van der Waals surface area contributed by atoms with Crippen molar-refractivity contribution in [1.29, 1.82) is 0 Å². The largest absolute Gasteiger partial charge is 0.384 e. The van der Waals surface area contributed by atoms with E-state index >= 15 is 0 Å². The van der Waals surface area contributed by atoms with Crippen LogP contribution in [-0.4, -0.2) is 18.2 Å². The van der Waals surface area contributed by atoms with Crippen molar-refractivity contribution in [2.24, 2.45) is 0 Å². The number of benzene rings is 1. The molecule has 1 aromatic rings. The fraction of sp³-hybridized carbons (Fsp3) is 0.500. The predicted molar refractivity (Wildman–Crippen MR) is 59.2 cm³/mol. The second-order valence-corrected chi connectivity index (χ2v) is 4.11. The summed E-state index contributed by atoms with van der Waals surface area (Å²) in [6.45, 7) is 5.67. The van der Waals surface area contributed by atoms with Crippen LogP contribution in [0.3, 0.4) is 0 Å². The normalized spacial score (nSPS) is 14.9. The van der Waals surface area contributed by atoms with Gasteiger partial charge >= 0.3 is 0 Å². The van der Waals surface area contributed by atoms with Crippen LogP contribution in [-0.2, 0) is 5.60 Å². The molecule has 4 heteroatoms. The fourth-order valence-electron chi connectivity index (χ4n) is 1.53. The second-order valence-electron chi connectivity index (χ2n) is 4.11. The summed E-state index contributed by atoms with van der Waals surface area (Å²) in [5.41, 5.74) is -1.19. The van der Waals surface area contributed by atoms with E-state index in [9.17, 15) is 13.9 Å². The highest BCUT2D eigenvalue weighted by Gasteiger charge is 2.28. The van der Waals surface area contributed by atoms with E-state index in [4.69, 9.17) is 0 Å². The summed E-state index contributed by atoms with van der Waals surface area (Å²) in [4.78, 5) is 0. The summed E-state index contributed by atoms with van der Waals surface area (Å²) in [6, 6.07) is 2.89. The van der Waals surface area contributed by atoms with Gasteiger partial charge in [0, 0.05) is 12.1 Å². The molecule has 16 heavy (non-hydrogen) atoms. The Labute approximate surface area is 94.3 Å². The van der Waals surface area contributed by atoms with E-state index in [0.717, 1.165) is 0 Å². The monoisotopic (exact) mass is 229 g/mol. The van der Waals surface area contributed by atoms with Gasteiger partial charge in [-0.15, -0.1) is 0 Å². The Hall–Kier alpha value is -1.00. The van der Waals surface area contributed by atoms with Gasteiger partial charge in [-0.2, -0.15) is 0 Å². The van der Waals surface area contributed by atoms with E-state index in [1.807, 2.05) is 6.92 Å². The molecule has 0 bridgehead atoms. The number of rotatable bonds is 4. The molecular weight excluding hydrogens is 212 g/mol. The van der Waals surface area contributed by atoms with E-state index in [0.29, 0.717) is 6.54 Å². The molecule has 0 amide bonds. The van der Waals surface area contributed by atoms with E-state index in [-0.39, 0.29) is 17.7 Å². The third-order valence-electron chi connectivity index (χ3n) is 2.57. The maximum absolute atomic E-state index is 13.6. The van der Waals surface area contributed by atoms with Gasteiger partial charge in [0.1, 0.15) is 5.60 Å². The molecule has 0 aromatic heterocycles. The summed E-state index contributed by atoms with van der Waals surface area (Å²) in [5, 5.41) is 13.0. The fourth-order valence-corrected chi connectivity index (χ4v) is 1.53. The molecule has 1 aromatic carbocycles. The van der Waals surface area contributed by atoms with Crippen LogP contribution in [0.15, 0.2) is 12.1 Å². The highest BCUT2D eigenvalue weighted by molar-refractivity contribution is 5.29. The molecule has 0 spiro atoms. The lowest BCUT2D eigenvalue weighted by molar-refractivity contribution is 0.0531. The first-order chi connectivity index (χ1) is 7.40. The molecular formula is C12H17F2NO. The number of aryl methyl sites for hydroxylation is 1. The van der Waals surface area contributed by atoms with Crippen LogP contribution in [0, 0.1) is 18.6 Å². The maximum Gasteiger partial charge on any atom is 0.165 e. The van der Waals surface area contributed by atoms with Gasteiger partial charge in [0.25, 0.3) is 0 Å². The summed E-state index contributed by atoms with van der Waals surface area (Å²) in [5.74, 6) is -1.86. The highest BCUT2D eigenvalue weighted by Crippen LogP contribution is 2.25. The van der Waals surface area contributed by atoms with Crippen molar-refractivity contribution in [2.45, 2.75) is 26.4 Å². The van der Waals surface area contributed by atoms with Gasteiger partial charge in [-0.1, -0.05) is 19.1 Å². The van der Waals surface area contributed by atoms with Gasteiger partial charge in [0.2, 0.25) is 0 Å². The van der Waals surface area contributed by atoms with E-state index in [1.54, 1.807) is 0 Å². The van der Waals surface area contributed by atoms with Gasteiger partial charge in [-0.25, -0.2) is 8.78 Å². The Morgan fingerprint density at radius 2 is 1.94 bits per heavy atom. The summed E-state index contributed by atoms with van der Waals surface area (Å²) >= 11 is 0. The second kappa shape index (κ2) is 4.89. The summed E-state index contributed by atoms with van der Waals surface area (Å²) < 4.78 is 27.0. The Morgan fingerprint density at radius 1 is 1.31 bits per heavy atom. The molecule has 1 rings (SSSR count). The average molecular weight is 229 g/mol. The van der Waals surface area contributed by atoms with Crippen LogP contribution in [0.4, 0.5) is 8.78 Å². The van der Waals surface area contributed by atoms with Gasteiger partial charge in [-0.05, 0) is 26.0 Å². The number of likely N-dealkylation sites (N-methyl/N-ethyl adjacent to an activating group) is 1. The van der Waals surface area contributed by atoms with Crippen molar-refractivity contribution < 1.29 is 13.9 Å². The van der Waals surface area contributed by atoms with Crippen LogP contribution in [0.1, 0.15) is 25.0 Å². The molecule has 0 saturated carbocycles. The third kappa shape index (κ3) is 2.57. The molecule has 0 aliphatic rings. The van der Waals surface area contributed by atoms with Crippen molar-refractivity contribution in [1.82, 2.24) is 5.32 Å². The zero-order chi connectivity index (χ0) is 12.3. The quantitative estimate of drug-likeness (QED) is 0.828. The number of halogens is 2. The number of hydrogen-bond acceptors (Lipinski definition) is 2. The zero-order valence-corrected chi connectivity index (χ0v) is 9.77. The van der Waals surface area contributed by atoms with Crippen molar-refractivity contribution in [3.05, 3.63) is 34.9 Å². The van der Waals surface area contributed by atoms with Crippen LogP contribution in [0.2, 0.25) is 0 Å². The summed E-state index contributed by atoms with van der Waals surface area (Å²) in [6.07, 6.45) is 0. The summed E-state index contributed by atoms with van der Waals surface area (Å²) in [7, 11) is 0. The molecule has 1 atom stereocenters. The van der Waals surface area contributed by atoms with E-state index in [1.165, 1.54) is 26.0 Å². The average Bonchev–Trinajstić information content (AvgIpc) is 2.23. The van der Waals surface area contributed by atoms with Crippen molar-refractivity contribution in [3.8, 4) is 0 Å². The smallest absolute Gasteiger partial charge is 0.165 e. The number of nitrogens with one attached hydrogen (secondary N) is 1. The van der Waals surface area contributed by atoms with E-state index in [2.05, 4.69) is 5.32 Å². The minimum absolute atomic E-state index is 0.0171. The molecule has 2 N–H and O–H groups in total. The topological polar surface area (TPSA) is 32.3 Å². The van der Waals surface area contributed by atoms with Gasteiger partial charge in [0.05, 0.1) is 0 Å². The Kier molecular flexibility index (Phi) is 3.99. The van der Waals surface area contributed by atoms with Crippen LogP contribution in [0.25, 0.3) is 0 Å². The van der Waals surface area contributed by atoms with Crippen molar-refractivity contribution in [2.75, 3.05) is 13.1 Å². The first-order valence-corrected chi connectivity index (χ1v) is 5.28. The van der Waals surface area contributed by atoms with Gasteiger partial charge in [-0.3, -0.25) is 0 Å². The first kappa shape index (κ1) is 13.1. The lowest BCUT2D eigenvalue weighted by atomic mass is 9.94. The molecule has 0 aliphatic carbocycles. The lowest BCUT2D eigenvalue weighted by Crippen LogP contribution is -2.36. The number of aliphatic hydroxyl groups is 1. The third-order valence-corrected chi connectivity index (χ3v) is 2.57. The molecule has 0 saturated heterocycles. The first-order valence-electron chi connectivity index (χ1n) is 5.28. The number of hydrogen-bond donors (Lipinski definition) is 2. The molecule has 0 heterocycles. The molecule has 0 radical (unpaired) electrons. The van der Waals surface area contributed by atoms with Crippen molar-refractivity contribution >= 4 is 0 Å². The SMILES string of the molecule is CCNCC(C)(O)c1ccc(C)c(F)c1F. The maximum atomic E-state index is 13.6. The minimum atomic E-state index is -1.41. The van der Waals surface area contributed by atoms with Crippen LogP contribution in [0.5, 0.6) is 0 Å². The Morgan fingerprint density at radius 3 is 2.50 bits per heavy atom. The molecule has 2 nitrogen and oxygen atoms in total. The zero-order valence-electron chi connectivity index (χ0n) is 9.77. The van der Waals surface area contributed by atoms with Crippen LogP contribution < -0.4 is 5.32 Å². The molecule has 1 unspecified atom stereocenters. The van der Waals surface area contributed by atoms with Gasteiger partial charge in [0.15, 0.2) is 11.6 Å². The molecule has 0 aliphatic heterocycles. The minimum Gasteiger partial charge on any atom is -0.384 e. The Bertz CT molecular complexity index is 378. The van der Waals surface area contributed by atoms with Gasteiger partial charge < -0.3 is 10.4 Å². The molecule has 0 fully saturated rings. The highest BCUT2D eigenvalue weighted by atomic mass is 19.2. The molecule has 90 valence electrons.